The van der Waals surface area contributed by atoms with E-state index in [-0.39, 0.29) is 6.54 Å². The predicted molar refractivity (Wildman–Crippen MR) is 91.8 cm³/mol. The number of hydrogen-bond donors (Lipinski definition) is 2. The first-order chi connectivity index (χ1) is 12.1. The average Bonchev–Trinajstić information content (AvgIpc) is 2.66. The third-order valence-electron chi connectivity index (χ3n) is 3.21. The highest BCUT2D eigenvalue weighted by molar-refractivity contribution is 6.35. The van der Waals surface area contributed by atoms with Crippen molar-refractivity contribution in [2.24, 2.45) is 5.10 Å². The van der Waals surface area contributed by atoms with Gasteiger partial charge in [0.2, 0.25) is 0 Å². The molecule has 0 heterocycles. The van der Waals surface area contributed by atoms with E-state index in [1.807, 2.05) is 30.3 Å². The Morgan fingerprint density at radius 3 is 2.32 bits per heavy atom. The van der Waals surface area contributed by atoms with Gasteiger partial charge in [-0.05, 0) is 23.3 Å². The summed E-state index contributed by atoms with van der Waals surface area (Å²) in [5, 5.41) is 6.21. The number of hydrazone groups is 1. The summed E-state index contributed by atoms with van der Waals surface area (Å²) in [6.07, 6.45) is 1.36. The lowest BCUT2D eigenvalue weighted by Crippen LogP contribution is -2.37. The fraction of sp³-hybridized carbons (Fsp3) is 0.111. The highest BCUT2D eigenvalue weighted by Crippen LogP contribution is 2.03. The SMILES string of the molecule is COC(=O)c1ccc(/C=N/NC(=O)C(=O)NCc2ccccc2)cc1. The molecule has 0 bridgehead atoms. The van der Waals surface area contributed by atoms with Crippen molar-refractivity contribution in [2.45, 2.75) is 6.54 Å². The highest BCUT2D eigenvalue weighted by Gasteiger charge is 2.11. The van der Waals surface area contributed by atoms with E-state index in [1.165, 1.54) is 13.3 Å². The fourth-order valence-corrected chi connectivity index (χ4v) is 1.90. The smallest absolute Gasteiger partial charge is 0.337 e. The molecule has 2 rings (SSSR count). The van der Waals surface area contributed by atoms with Crippen LogP contribution in [-0.4, -0.2) is 31.1 Å². The van der Waals surface area contributed by atoms with Crippen LogP contribution in [0.5, 0.6) is 0 Å². The number of nitrogens with one attached hydrogen (secondary N) is 2. The molecule has 0 atom stereocenters. The van der Waals surface area contributed by atoms with E-state index in [1.54, 1.807) is 24.3 Å². The Morgan fingerprint density at radius 1 is 1.00 bits per heavy atom. The molecule has 0 aliphatic heterocycles. The summed E-state index contributed by atoms with van der Waals surface area (Å²) >= 11 is 0. The summed E-state index contributed by atoms with van der Waals surface area (Å²) in [6, 6.07) is 15.7. The van der Waals surface area contributed by atoms with E-state index in [4.69, 9.17) is 0 Å². The lowest BCUT2D eigenvalue weighted by molar-refractivity contribution is -0.139. The Labute approximate surface area is 144 Å². The second kappa shape index (κ2) is 8.97. The van der Waals surface area contributed by atoms with Gasteiger partial charge in [0.05, 0.1) is 18.9 Å². The van der Waals surface area contributed by atoms with Gasteiger partial charge in [-0.3, -0.25) is 9.59 Å². The topological polar surface area (TPSA) is 96.9 Å². The molecular weight excluding hydrogens is 322 g/mol. The third-order valence-corrected chi connectivity index (χ3v) is 3.21. The van der Waals surface area contributed by atoms with Crippen LogP contribution < -0.4 is 10.7 Å². The van der Waals surface area contributed by atoms with Crippen LogP contribution in [0.25, 0.3) is 0 Å². The Morgan fingerprint density at radius 2 is 1.68 bits per heavy atom. The number of benzene rings is 2. The standard InChI is InChI=1S/C18H17N3O4/c1-25-18(24)15-9-7-14(8-10-15)12-20-21-17(23)16(22)19-11-13-5-3-2-4-6-13/h2-10,12H,11H2,1H3,(H,19,22)(H,21,23)/b20-12+. The molecule has 2 N–H and O–H groups in total. The first-order valence-electron chi connectivity index (χ1n) is 7.43. The molecular formula is C18H17N3O4. The molecule has 0 aliphatic rings. The number of carbonyl (C=O) groups is 3. The van der Waals surface area contributed by atoms with E-state index in [0.29, 0.717) is 11.1 Å². The molecule has 0 aliphatic carbocycles. The molecule has 25 heavy (non-hydrogen) atoms. The van der Waals surface area contributed by atoms with Crippen LogP contribution in [0.3, 0.4) is 0 Å². The minimum atomic E-state index is -0.863. The van der Waals surface area contributed by atoms with Gasteiger partial charge in [0.1, 0.15) is 0 Å². The van der Waals surface area contributed by atoms with Crippen molar-refractivity contribution in [3.63, 3.8) is 0 Å². The molecule has 7 heteroatoms. The number of carbonyl (C=O) groups excluding carboxylic acids is 3. The van der Waals surface area contributed by atoms with Crippen LogP contribution in [0, 0.1) is 0 Å². The van der Waals surface area contributed by atoms with Gasteiger partial charge >= 0.3 is 17.8 Å². The van der Waals surface area contributed by atoms with Crippen LogP contribution in [0.1, 0.15) is 21.5 Å². The summed E-state index contributed by atoms with van der Waals surface area (Å²) in [7, 11) is 1.30. The molecule has 2 aromatic rings. The maximum Gasteiger partial charge on any atom is 0.337 e. The average molecular weight is 339 g/mol. The van der Waals surface area contributed by atoms with Gasteiger partial charge in [-0.2, -0.15) is 5.10 Å². The summed E-state index contributed by atoms with van der Waals surface area (Å²) in [5.74, 6) is -2.08. The van der Waals surface area contributed by atoms with E-state index < -0.39 is 17.8 Å². The van der Waals surface area contributed by atoms with Crippen molar-refractivity contribution >= 4 is 24.0 Å². The Hall–Kier alpha value is -3.48. The molecule has 128 valence electrons. The van der Waals surface area contributed by atoms with Gasteiger partial charge < -0.3 is 10.1 Å². The molecule has 2 amide bonds. The van der Waals surface area contributed by atoms with E-state index in [9.17, 15) is 14.4 Å². The van der Waals surface area contributed by atoms with Crippen LogP contribution in [0.2, 0.25) is 0 Å². The van der Waals surface area contributed by atoms with Gasteiger partial charge in [-0.1, -0.05) is 42.5 Å². The molecule has 0 aromatic heterocycles. The molecule has 0 unspecified atom stereocenters. The number of methoxy groups -OCH3 is 1. The largest absolute Gasteiger partial charge is 0.465 e. The highest BCUT2D eigenvalue weighted by atomic mass is 16.5. The monoisotopic (exact) mass is 339 g/mol. The molecule has 2 aromatic carbocycles. The second-order valence-electron chi connectivity index (χ2n) is 4.98. The maximum atomic E-state index is 11.7. The zero-order chi connectivity index (χ0) is 18.1. The number of esters is 1. The minimum absolute atomic E-state index is 0.256. The van der Waals surface area contributed by atoms with Crippen molar-refractivity contribution in [1.29, 1.82) is 0 Å². The van der Waals surface area contributed by atoms with Crippen molar-refractivity contribution in [3.8, 4) is 0 Å². The van der Waals surface area contributed by atoms with Gasteiger partial charge in [0.15, 0.2) is 0 Å². The van der Waals surface area contributed by atoms with Gasteiger partial charge in [-0.25, -0.2) is 10.2 Å². The lowest BCUT2D eigenvalue weighted by Gasteiger charge is -2.03. The van der Waals surface area contributed by atoms with Crippen molar-refractivity contribution < 1.29 is 19.1 Å². The quantitative estimate of drug-likeness (QED) is 0.371. The summed E-state index contributed by atoms with van der Waals surface area (Å²) in [6.45, 7) is 0.256. The van der Waals surface area contributed by atoms with Crippen molar-refractivity contribution in [3.05, 3.63) is 71.3 Å². The number of amides is 2. The maximum absolute atomic E-state index is 11.7. The zero-order valence-corrected chi connectivity index (χ0v) is 13.6. The van der Waals surface area contributed by atoms with E-state index in [0.717, 1.165) is 5.56 Å². The summed E-state index contributed by atoms with van der Waals surface area (Å²) < 4.78 is 4.60. The predicted octanol–water partition coefficient (Wildman–Crippen LogP) is 1.24. The van der Waals surface area contributed by atoms with Gasteiger partial charge in [-0.15, -0.1) is 0 Å². The first-order valence-corrected chi connectivity index (χ1v) is 7.43. The molecule has 0 saturated heterocycles. The van der Waals surface area contributed by atoms with Crippen LogP contribution >= 0.6 is 0 Å². The number of rotatable bonds is 5. The van der Waals surface area contributed by atoms with Crippen LogP contribution in [0.4, 0.5) is 0 Å². The fourth-order valence-electron chi connectivity index (χ4n) is 1.90. The van der Waals surface area contributed by atoms with Crippen molar-refractivity contribution in [1.82, 2.24) is 10.7 Å². The molecule has 7 nitrogen and oxygen atoms in total. The number of hydrogen-bond acceptors (Lipinski definition) is 5. The van der Waals surface area contributed by atoms with Crippen LogP contribution in [-0.2, 0) is 20.9 Å². The van der Waals surface area contributed by atoms with Crippen LogP contribution in [0.15, 0.2) is 59.7 Å². The Balaban J connectivity index is 1.81. The second-order valence-corrected chi connectivity index (χ2v) is 4.98. The summed E-state index contributed by atoms with van der Waals surface area (Å²) in [5.41, 5.74) is 4.09. The molecule has 0 radical (unpaired) electrons. The number of nitrogens with zero attached hydrogens (tertiary/aromatic N) is 1. The van der Waals surface area contributed by atoms with E-state index in [2.05, 4.69) is 20.6 Å². The Kier molecular flexibility index (Phi) is 6.41. The van der Waals surface area contributed by atoms with Gasteiger partial charge in [0, 0.05) is 6.54 Å². The van der Waals surface area contributed by atoms with Gasteiger partial charge in [0.25, 0.3) is 0 Å². The Bertz CT molecular complexity index is 771. The molecule has 0 saturated carbocycles. The first kappa shape index (κ1) is 17.9. The van der Waals surface area contributed by atoms with Crippen molar-refractivity contribution in [2.75, 3.05) is 7.11 Å². The molecule has 0 spiro atoms. The normalized spacial score (nSPS) is 10.3. The minimum Gasteiger partial charge on any atom is -0.465 e. The number of ether oxygens (including phenoxy) is 1. The third kappa shape index (κ3) is 5.58. The zero-order valence-electron chi connectivity index (χ0n) is 13.6. The van der Waals surface area contributed by atoms with E-state index >= 15 is 0 Å². The lowest BCUT2D eigenvalue weighted by atomic mass is 10.1. The molecule has 0 fully saturated rings. The summed E-state index contributed by atoms with van der Waals surface area (Å²) in [4.78, 5) is 34.6.